The Hall–Kier alpha value is -0.980. The zero-order chi connectivity index (χ0) is 8.10. The fourth-order valence-corrected chi connectivity index (χ4v) is 0.835. The van der Waals surface area contributed by atoms with Crippen molar-refractivity contribution in [2.75, 3.05) is 11.9 Å². The summed E-state index contributed by atoms with van der Waals surface area (Å²) in [5.74, 6) is 1.40. The molecule has 0 fully saturated rings. The highest BCUT2D eigenvalue weighted by Gasteiger charge is 1.92. The van der Waals surface area contributed by atoms with Crippen molar-refractivity contribution >= 4 is 5.69 Å². The third-order valence-corrected chi connectivity index (χ3v) is 1.42. The van der Waals surface area contributed by atoms with Crippen LogP contribution in [0.2, 0.25) is 0 Å². The van der Waals surface area contributed by atoms with E-state index in [2.05, 4.69) is 31.3 Å². The fourth-order valence-electron chi connectivity index (χ4n) is 0.835. The molecule has 0 spiro atoms. The van der Waals surface area contributed by atoms with Crippen LogP contribution in [0.1, 0.15) is 13.8 Å². The van der Waals surface area contributed by atoms with Crippen molar-refractivity contribution in [3.05, 3.63) is 36.2 Å². The summed E-state index contributed by atoms with van der Waals surface area (Å²) < 4.78 is 0. The summed E-state index contributed by atoms with van der Waals surface area (Å²) in [6.07, 6.45) is 0. The highest BCUT2D eigenvalue weighted by molar-refractivity contribution is 5.42. The van der Waals surface area contributed by atoms with Crippen LogP contribution in [0.5, 0.6) is 0 Å². The molecule has 0 aliphatic carbocycles. The van der Waals surface area contributed by atoms with Crippen molar-refractivity contribution in [1.29, 1.82) is 0 Å². The molecular formula is C10H14N. The van der Waals surface area contributed by atoms with Crippen LogP contribution >= 0.6 is 0 Å². The van der Waals surface area contributed by atoms with Crippen LogP contribution < -0.4 is 5.32 Å². The number of nitrogens with one attached hydrogen (secondary N) is 1. The van der Waals surface area contributed by atoms with Crippen LogP contribution in [0, 0.1) is 5.92 Å². The molecule has 1 aromatic rings. The molecule has 0 unspecified atom stereocenters. The lowest BCUT2D eigenvalue weighted by Crippen LogP contribution is -2.05. The molecule has 1 heteroatoms. The van der Waals surface area contributed by atoms with Crippen LogP contribution in [-0.2, 0) is 0 Å². The summed E-state index contributed by atoms with van der Waals surface area (Å²) in [5, 5.41) is 3.31. The van der Waals surface area contributed by atoms with Crippen molar-refractivity contribution in [3.8, 4) is 0 Å². The number of anilines is 1. The average molecular weight is 148 g/mol. The first-order chi connectivity index (χ1) is 5.29. The van der Waals surface area contributed by atoms with E-state index in [0.717, 1.165) is 6.54 Å². The first kappa shape index (κ1) is 8.12. The second-order valence-corrected chi connectivity index (χ2v) is 2.93. The number of para-hydroxylation sites is 1. The van der Waals surface area contributed by atoms with E-state index in [0.29, 0.717) is 0 Å². The molecule has 0 aliphatic rings. The molecule has 0 saturated heterocycles. The molecule has 0 atom stereocenters. The number of benzene rings is 1. The van der Waals surface area contributed by atoms with Crippen molar-refractivity contribution in [3.63, 3.8) is 0 Å². The standard InChI is InChI=1S/C10H14N/c1-9(2)8-11-10-6-4-3-5-7-10/h3-7,11H,8H2,1-2H3. The quantitative estimate of drug-likeness (QED) is 0.695. The maximum atomic E-state index is 3.31. The predicted molar refractivity (Wildman–Crippen MR) is 49.5 cm³/mol. The lowest BCUT2D eigenvalue weighted by Gasteiger charge is -2.07. The summed E-state index contributed by atoms with van der Waals surface area (Å²) >= 11 is 0. The average Bonchev–Trinajstić information content (AvgIpc) is 2.03. The Balaban J connectivity index is 2.39. The van der Waals surface area contributed by atoms with Gasteiger partial charge in [-0.05, 0) is 18.1 Å². The number of rotatable bonds is 3. The highest BCUT2D eigenvalue weighted by Crippen LogP contribution is 2.06. The zero-order valence-corrected chi connectivity index (χ0v) is 7.09. The molecule has 1 nitrogen and oxygen atoms in total. The second-order valence-electron chi connectivity index (χ2n) is 2.93. The minimum absolute atomic E-state index is 0.962. The van der Waals surface area contributed by atoms with Gasteiger partial charge in [0, 0.05) is 12.2 Å². The van der Waals surface area contributed by atoms with E-state index >= 15 is 0 Å². The SMILES string of the molecule is C[C](C)CNc1ccccc1. The van der Waals surface area contributed by atoms with E-state index in [1.54, 1.807) is 0 Å². The molecule has 1 N–H and O–H groups in total. The van der Waals surface area contributed by atoms with Crippen LogP contribution in [0.25, 0.3) is 0 Å². The maximum absolute atomic E-state index is 3.31. The molecule has 1 aromatic carbocycles. The second kappa shape index (κ2) is 4.02. The van der Waals surface area contributed by atoms with Gasteiger partial charge in [0.1, 0.15) is 0 Å². The minimum Gasteiger partial charge on any atom is -0.384 e. The summed E-state index contributed by atoms with van der Waals surface area (Å²) in [6, 6.07) is 10.2. The van der Waals surface area contributed by atoms with Crippen molar-refractivity contribution in [2.45, 2.75) is 13.8 Å². The Morgan fingerprint density at radius 1 is 1.18 bits per heavy atom. The molecule has 0 aliphatic heterocycles. The Labute approximate surface area is 68.4 Å². The fraction of sp³-hybridized carbons (Fsp3) is 0.300. The molecular weight excluding hydrogens is 134 g/mol. The summed E-state index contributed by atoms with van der Waals surface area (Å²) in [5.41, 5.74) is 1.19. The van der Waals surface area contributed by atoms with E-state index in [1.165, 1.54) is 11.6 Å². The Bertz CT molecular complexity index is 191. The lowest BCUT2D eigenvalue weighted by atomic mass is 10.2. The minimum atomic E-state index is 0.962. The summed E-state index contributed by atoms with van der Waals surface area (Å²) in [7, 11) is 0. The predicted octanol–water partition coefficient (Wildman–Crippen LogP) is 2.71. The van der Waals surface area contributed by atoms with Gasteiger partial charge in [0.25, 0.3) is 0 Å². The van der Waals surface area contributed by atoms with Gasteiger partial charge in [0.15, 0.2) is 0 Å². The smallest absolute Gasteiger partial charge is 0.0340 e. The van der Waals surface area contributed by atoms with Gasteiger partial charge in [-0.15, -0.1) is 0 Å². The van der Waals surface area contributed by atoms with Crippen LogP contribution in [0.3, 0.4) is 0 Å². The van der Waals surface area contributed by atoms with E-state index in [1.807, 2.05) is 18.2 Å². The number of hydrogen-bond acceptors (Lipinski definition) is 1. The highest BCUT2D eigenvalue weighted by atomic mass is 14.9. The molecule has 1 rings (SSSR count). The van der Waals surface area contributed by atoms with Gasteiger partial charge in [-0.1, -0.05) is 32.0 Å². The normalized spacial score (nSPS) is 10.1. The Kier molecular flexibility index (Phi) is 2.96. The lowest BCUT2D eigenvalue weighted by molar-refractivity contribution is 1.01. The molecule has 0 heterocycles. The largest absolute Gasteiger partial charge is 0.384 e. The van der Waals surface area contributed by atoms with Crippen molar-refractivity contribution in [2.24, 2.45) is 0 Å². The first-order valence-corrected chi connectivity index (χ1v) is 3.87. The van der Waals surface area contributed by atoms with Crippen molar-refractivity contribution in [1.82, 2.24) is 0 Å². The van der Waals surface area contributed by atoms with Gasteiger partial charge in [0.05, 0.1) is 0 Å². The topological polar surface area (TPSA) is 12.0 Å². The van der Waals surface area contributed by atoms with Gasteiger partial charge >= 0.3 is 0 Å². The molecule has 59 valence electrons. The third kappa shape index (κ3) is 3.08. The molecule has 0 bridgehead atoms. The van der Waals surface area contributed by atoms with E-state index in [-0.39, 0.29) is 0 Å². The van der Waals surface area contributed by atoms with Gasteiger partial charge in [-0.2, -0.15) is 0 Å². The molecule has 0 amide bonds. The molecule has 11 heavy (non-hydrogen) atoms. The van der Waals surface area contributed by atoms with Gasteiger partial charge in [-0.3, -0.25) is 0 Å². The van der Waals surface area contributed by atoms with Gasteiger partial charge in [0.2, 0.25) is 0 Å². The molecule has 0 saturated carbocycles. The van der Waals surface area contributed by atoms with E-state index < -0.39 is 0 Å². The van der Waals surface area contributed by atoms with Crippen LogP contribution in [-0.4, -0.2) is 6.54 Å². The van der Waals surface area contributed by atoms with Crippen molar-refractivity contribution < 1.29 is 0 Å². The van der Waals surface area contributed by atoms with Crippen LogP contribution in [0.15, 0.2) is 30.3 Å². The van der Waals surface area contributed by atoms with Crippen LogP contribution in [0.4, 0.5) is 5.69 Å². The van der Waals surface area contributed by atoms with E-state index in [4.69, 9.17) is 0 Å². The summed E-state index contributed by atoms with van der Waals surface area (Å²) in [4.78, 5) is 0. The van der Waals surface area contributed by atoms with E-state index in [9.17, 15) is 0 Å². The van der Waals surface area contributed by atoms with Gasteiger partial charge in [-0.25, -0.2) is 0 Å². The molecule has 0 aromatic heterocycles. The van der Waals surface area contributed by atoms with Gasteiger partial charge < -0.3 is 5.32 Å². The summed E-state index contributed by atoms with van der Waals surface area (Å²) in [6.45, 7) is 5.20. The monoisotopic (exact) mass is 148 g/mol. The number of hydrogen-bond donors (Lipinski definition) is 1. The Morgan fingerprint density at radius 3 is 2.36 bits per heavy atom. The maximum Gasteiger partial charge on any atom is 0.0340 e. The third-order valence-electron chi connectivity index (χ3n) is 1.42. The zero-order valence-electron chi connectivity index (χ0n) is 7.09. The Morgan fingerprint density at radius 2 is 1.82 bits per heavy atom. The molecule has 1 radical (unpaired) electrons. The first-order valence-electron chi connectivity index (χ1n) is 3.87.